The maximum absolute atomic E-state index is 5.79. The SMILES string of the molecule is CCSc1nnc(COc2cccc3ccccc23)o1. The van der Waals surface area contributed by atoms with Crippen molar-refractivity contribution < 1.29 is 9.15 Å². The fourth-order valence-electron chi connectivity index (χ4n) is 1.94. The van der Waals surface area contributed by atoms with Gasteiger partial charge in [-0.1, -0.05) is 55.1 Å². The molecule has 0 aliphatic rings. The maximum atomic E-state index is 5.79. The van der Waals surface area contributed by atoms with Gasteiger partial charge in [-0.25, -0.2) is 0 Å². The Morgan fingerprint density at radius 2 is 1.95 bits per heavy atom. The molecule has 5 heteroatoms. The predicted molar refractivity (Wildman–Crippen MR) is 79.0 cm³/mol. The average Bonchev–Trinajstić information content (AvgIpc) is 2.93. The normalized spacial score (nSPS) is 10.8. The lowest BCUT2D eigenvalue weighted by Crippen LogP contribution is -1.96. The van der Waals surface area contributed by atoms with E-state index in [0.717, 1.165) is 22.3 Å². The van der Waals surface area contributed by atoms with E-state index < -0.39 is 0 Å². The van der Waals surface area contributed by atoms with Crippen LogP contribution in [0.1, 0.15) is 12.8 Å². The molecule has 1 aromatic heterocycles. The number of benzene rings is 2. The molecule has 20 heavy (non-hydrogen) atoms. The second-order valence-electron chi connectivity index (χ2n) is 4.16. The van der Waals surface area contributed by atoms with E-state index >= 15 is 0 Å². The molecular weight excluding hydrogens is 272 g/mol. The van der Waals surface area contributed by atoms with Crippen molar-refractivity contribution in [2.45, 2.75) is 18.8 Å². The first-order valence-corrected chi connectivity index (χ1v) is 7.41. The fraction of sp³-hybridized carbons (Fsp3) is 0.200. The quantitative estimate of drug-likeness (QED) is 0.665. The lowest BCUT2D eigenvalue weighted by molar-refractivity contribution is 0.254. The highest BCUT2D eigenvalue weighted by Crippen LogP contribution is 2.26. The Hall–Kier alpha value is -2.01. The van der Waals surface area contributed by atoms with Gasteiger partial charge in [-0.15, -0.1) is 10.2 Å². The maximum Gasteiger partial charge on any atom is 0.276 e. The van der Waals surface area contributed by atoms with Crippen molar-refractivity contribution in [2.75, 3.05) is 5.75 Å². The number of hydrogen-bond donors (Lipinski definition) is 0. The van der Waals surface area contributed by atoms with Crippen LogP contribution in [0, 0.1) is 0 Å². The van der Waals surface area contributed by atoms with Crippen LogP contribution in [0.2, 0.25) is 0 Å². The molecule has 0 aliphatic carbocycles. The average molecular weight is 286 g/mol. The number of aromatic nitrogens is 2. The molecule has 2 aromatic carbocycles. The van der Waals surface area contributed by atoms with E-state index in [-0.39, 0.29) is 6.61 Å². The molecule has 0 atom stereocenters. The molecule has 0 spiro atoms. The summed E-state index contributed by atoms with van der Waals surface area (Å²) in [6, 6.07) is 14.1. The van der Waals surface area contributed by atoms with Gasteiger partial charge >= 0.3 is 0 Å². The molecule has 0 saturated heterocycles. The van der Waals surface area contributed by atoms with Gasteiger partial charge in [0.05, 0.1) is 0 Å². The molecule has 0 amide bonds. The minimum atomic E-state index is 0.283. The largest absolute Gasteiger partial charge is 0.483 e. The zero-order valence-electron chi connectivity index (χ0n) is 11.1. The first kappa shape index (κ1) is 13.0. The Balaban J connectivity index is 1.76. The third kappa shape index (κ3) is 2.77. The van der Waals surface area contributed by atoms with E-state index in [2.05, 4.69) is 22.3 Å². The minimum Gasteiger partial charge on any atom is -0.483 e. The van der Waals surface area contributed by atoms with Crippen LogP contribution in [0.4, 0.5) is 0 Å². The summed E-state index contributed by atoms with van der Waals surface area (Å²) < 4.78 is 11.3. The van der Waals surface area contributed by atoms with Gasteiger partial charge in [0.1, 0.15) is 5.75 Å². The van der Waals surface area contributed by atoms with E-state index in [1.807, 2.05) is 37.3 Å². The molecule has 102 valence electrons. The number of ether oxygens (including phenoxy) is 1. The van der Waals surface area contributed by atoms with E-state index in [9.17, 15) is 0 Å². The molecule has 0 radical (unpaired) electrons. The highest BCUT2D eigenvalue weighted by atomic mass is 32.2. The zero-order chi connectivity index (χ0) is 13.8. The number of rotatable bonds is 5. The third-order valence-corrected chi connectivity index (χ3v) is 3.52. The zero-order valence-corrected chi connectivity index (χ0v) is 11.9. The molecule has 0 unspecified atom stereocenters. The van der Waals surface area contributed by atoms with Gasteiger partial charge in [-0.05, 0) is 17.2 Å². The van der Waals surface area contributed by atoms with Crippen molar-refractivity contribution in [3.05, 3.63) is 48.4 Å². The highest BCUT2D eigenvalue weighted by molar-refractivity contribution is 7.99. The van der Waals surface area contributed by atoms with Crippen LogP contribution < -0.4 is 4.74 Å². The van der Waals surface area contributed by atoms with Gasteiger partial charge in [0.2, 0.25) is 0 Å². The lowest BCUT2D eigenvalue weighted by atomic mass is 10.1. The Morgan fingerprint density at radius 1 is 1.10 bits per heavy atom. The molecule has 4 nitrogen and oxygen atoms in total. The van der Waals surface area contributed by atoms with Crippen molar-refractivity contribution in [1.82, 2.24) is 10.2 Å². The second kappa shape index (κ2) is 5.96. The summed E-state index contributed by atoms with van der Waals surface area (Å²) in [5.74, 6) is 2.23. The molecule has 0 N–H and O–H groups in total. The third-order valence-electron chi connectivity index (χ3n) is 2.82. The van der Waals surface area contributed by atoms with Crippen LogP contribution in [0.15, 0.2) is 52.1 Å². The molecule has 1 heterocycles. The first-order chi connectivity index (χ1) is 9.86. The van der Waals surface area contributed by atoms with Crippen molar-refractivity contribution in [3.63, 3.8) is 0 Å². The van der Waals surface area contributed by atoms with Crippen LogP contribution in [0.3, 0.4) is 0 Å². The van der Waals surface area contributed by atoms with Crippen LogP contribution in [-0.2, 0) is 6.61 Å². The van der Waals surface area contributed by atoms with E-state index in [0.29, 0.717) is 11.1 Å². The number of hydrogen-bond acceptors (Lipinski definition) is 5. The summed E-state index contributed by atoms with van der Waals surface area (Å²) in [5.41, 5.74) is 0. The van der Waals surface area contributed by atoms with Gasteiger partial charge in [0.25, 0.3) is 11.1 Å². The molecule has 3 rings (SSSR count). The van der Waals surface area contributed by atoms with Gasteiger partial charge in [0, 0.05) is 5.39 Å². The van der Waals surface area contributed by atoms with Gasteiger partial charge in [-0.2, -0.15) is 0 Å². The van der Waals surface area contributed by atoms with Crippen molar-refractivity contribution in [3.8, 4) is 5.75 Å². The summed E-state index contributed by atoms with van der Waals surface area (Å²) in [5, 5.41) is 10.7. The smallest absolute Gasteiger partial charge is 0.276 e. The molecule has 0 fully saturated rings. The second-order valence-corrected chi connectivity index (χ2v) is 5.38. The summed E-state index contributed by atoms with van der Waals surface area (Å²) in [7, 11) is 0. The van der Waals surface area contributed by atoms with Crippen LogP contribution in [0.5, 0.6) is 5.75 Å². The molecule has 0 saturated carbocycles. The standard InChI is InChI=1S/C15H14N2O2S/c1-2-20-15-17-16-14(19-15)10-18-13-9-5-7-11-6-3-4-8-12(11)13/h3-9H,2,10H2,1H3. The molecule has 3 aromatic rings. The summed E-state index contributed by atoms with van der Waals surface area (Å²) in [4.78, 5) is 0. The topological polar surface area (TPSA) is 48.2 Å². The van der Waals surface area contributed by atoms with Crippen molar-refractivity contribution >= 4 is 22.5 Å². The number of thioether (sulfide) groups is 1. The summed E-state index contributed by atoms with van der Waals surface area (Å²) in [6.07, 6.45) is 0. The van der Waals surface area contributed by atoms with Gasteiger partial charge in [-0.3, -0.25) is 0 Å². The summed E-state index contributed by atoms with van der Waals surface area (Å²) in [6.45, 7) is 2.33. The highest BCUT2D eigenvalue weighted by Gasteiger charge is 2.07. The predicted octanol–water partition coefficient (Wildman–Crippen LogP) is 3.91. The van der Waals surface area contributed by atoms with Crippen LogP contribution >= 0.6 is 11.8 Å². The molecular formula is C15H14N2O2S. The monoisotopic (exact) mass is 286 g/mol. The summed E-state index contributed by atoms with van der Waals surface area (Å²) >= 11 is 1.52. The van der Waals surface area contributed by atoms with Gasteiger partial charge in [0.15, 0.2) is 6.61 Å². The van der Waals surface area contributed by atoms with Crippen molar-refractivity contribution in [1.29, 1.82) is 0 Å². The van der Waals surface area contributed by atoms with Crippen LogP contribution in [-0.4, -0.2) is 16.0 Å². The molecule has 0 bridgehead atoms. The van der Waals surface area contributed by atoms with E-state index in [1.54, 1.807) is 0 Å². The number of nitrogens with zero attached hydrogens (tertiary/aromatic N) is 2. The first-order valence-electron chi connectivity index (χ1n) is 6.42. The Morgan fingerprint density at radius 3 is 2.85 bits per heavy atom. The minimum absolute atomic E-state index is 0.283. The lowest BCUT2D eigenvalue weighted by Gasteiger charge is -2.06. The van der Waals surface area contributed by atoms with E-state index in [1.165, 1.54) is 11.8 Å². The Bertz CT molecular complexity index is 706. The Labute approximate surface area is 121 Å². The Kier molecular flexibility index (Phi) is 3.87. The van der Waals surface area contributed by atoms with Crippen molar-refractivity contribution in [2.24, 2.45) is 0 Å². The molecule has 0 aliphatic heterocycles. The number of fused-ring (bicyclic) bond motifs is 1. The van der Waals surface area contributed by atoms with Gasteiger partial charge < -0.3 is 9.15 Å². The van der Waals surface area contributed by atoms with E-state index in [4.69, 9.17) is 9.15 Å². The fourth-order valence-corrected chi connectivity index (χ4v) is 2.44. The van der Waals surface area contributed by atoms with Crippen LogP contribution in [0.25, 0.3) is 10.8 Å².